The van der Waals surface area contributed by atoms with Crippen LogP contribution in [0.15, 0.2) is 47.3 Å². The van der Waals surface area contributed by atoms with Gasteiger partial charge in [0.15, 0.2) is 0 Å². The summed E-state index contributed by atoms with van der Waals surface area (Å²) in [6.07, 6.45) is 4.59. The predicted octanol–water partition coefficient (Wildman–Crippen LogP) is 4.71. The molecule has 4 aromatic rings. The van der Waals surface area contributed by atoms with Gasteiger partial charge in [-0.2, -0.15) is 4.98 Å². The first kappa shape index (κ1) is 30.9. The Bertz CT molecular complexity index is 1770. The van der Waals surface area contributed by atoms with Gasteiger partial charge in [-0.05, 0) is 67.4 Å². The van der Waals surface area contributed by atoms with Crippen molar-refractivity contribution in [2.75, 3.05) is 50.8 Å². The standard InChI is InChI=1S/C30H33BrN7O4P/c1-30(2,39)9-8-18-14-23(24(41-3)15-19(18)25-17-32-12-13-42-25)37-29-35-16-20(31)28(38-29)36-22-7-6-21-26(34-11-10-33-21)27(22)43(4,5)40/h6-7,10-11,14-16,25,32,39H,12-13,17H2,1-5H3,(H2,35,36,37,38). The predicted molar refractivity (Wildman–Crippen MR) is 173 cm³/mol. The molecule has 1 unspecified atom stereocenters. The molecule has 0 bridgehead atoms. The van der Waals surface area contributed by atoms with E-state index >= 15 is 0 Å². The zero-order valence-electron chi connectivity index (χ0n) is 24.5. The van der Waals surface area contributed by atoms with E-state index in [0.29, 0.717) is 62.5 Å². The van der Waals surface area contributed by atoms with Gasteiger partial charge >= 0.3 is 0 Å². The molecule has 1 saturated heterocycles. The summed E-state index contributed by atoms with van der Waals surface area (Å²) in [6.45, 7) is 8.65. The Balaban J connectivity index is 1.53. The zero-order chi connectivity index (χ0) is 30.8. The second-order valence-electron chi connectivity index (χ2n) is 10.9. The summed E-state index contributed by atoms with van der Waals surface area (Å²) >= 11 is 3.53. The average Bonchev–Trinajstić information content (AvgIpc) is 2.97. The van der Waals surface area contributed by atoms with Crippen molar-refractivity contribution < 1.29 is 19.1 Å². The molecule has 0 spiro atoms. The van der Waals surface area contributed by atoms with Crippen molar-refractivity contribution in [1.82, 2.24) is 25.3 Å². The molecule has 224 valence electrons. The molecule has 1 fully saturated rings. The topological polar surface area (TPSA) is 143 Å². The lowest BCUT2D eigenvalue weighted by molar-refractivity contribution is 0.0274. The van der Waals surface area contributed by atoms with Gasteiger partial charge in [0.2, 0.25) is 5.95 Å². The molecular formula is C30H33BrN7O4P. The number of methoxy groups -OCH3 is 1. The van der Waals surface area contributed by atoms with Crippen LogP contribution < -0.4 is 26.0 Å². The van der Waals surface area contributed by atoms with Crippen molar-refractivity contribution in [2.45, 2.75) is 25.6 Å². The van der Waals surface area contributed by atoms with Gasteiger partial charge in [-0.25, -0.2) is 4.98 Å². The monoisotopic (exact) mass is 665 g/mol. The Kier molecular flexibility index (Phi) is 9.02. The van der Waals surface area contributed by atoms with Crippen LogP contribution in [0.25, 0.3) is 11.0 Å². The molecule has 1 atom stereocenters. The van der Waals surface area contributed by atoms with Gasteiger partial charge in [0, 0.05) is 42.8 Å². The van der Waals surface area contributed by atoms with Crippen molar-refractivity contribution in [3.63, 3.8) is 0 Å². The van der Waals surface area contributed by atoms with E-state index in [-0.39, 0.29) is 12.1 Å². The van der Waals surface area contributed by atoms with Gasteiger partial charge in [-0.15, -0.1) is 0 Å². The Morgan fingerprint density at radius 2 is 1.95 bits per heavy atom. The Labute approximate surface area is 258 Å². The van der Waals surface area contributed by atoms with Crippen LogP contribution in [0.3, 0.4) is 0 Å². The van der Waals surface area contributed by atoms with Crippen LogP contribution in [-0.4, -0.2) is 70.8 Å². The van der Waals surface area contributed by atoms with Crippen molar-refractivity contribution in [3.05, 3.63) is 58.5 Å². The maximum absolute atomic E-state index is 13.4. The number of rotatable bonds is 7. The molecular weight excluding hydrogens is 633 g/mol. The van der Waals surface area contributed by atoms with Gasteiger partial charge < -0.3 is 35.1 Å². The minimum absolute atomic E-state index is 0.225. The van der Waals surface area contributed by atoms with E-state index in [9.17, 15) is 9.67 Å². The quantitative estimate of drug-likeness (QED) is 0.161. The molecule has 2 aromatic carbocycles. The third-order valence-corrected chi connectivity index (χ3v) is 8.66. The van der Waals surface area contributed by atoms with Crippen molar-refractivity contribution in [2.24, 2.45) is 0 Å². The number of fused-ring (bicyclic) bond motifs is 1. The molecule has 1 aliphatic rings. The summed E-state index contributed by atoms with van der Waals surface area (Å²) < 4.78 is 25.7. The van der Waals surface area contributed by atoms with Crippen LogP contribution >= 0.6 is 23.1 Å². The highest BCUT2D eigenvalue weighted by atomic mass is 79.9. The largest absolute Gasteiger partial charge is 0.495 e. The van der Waals surface area contributed by atoms with Crippen LogP contribution in [0.1, 0.15) is 31.1 Å². The Morgan fingerprint density at radius 3 is 2.65 bits per heavy atom. The average molecular weight is 667 g/mol. The molecule has 43 heavy (non-hydrogen) atoms. The number of hydrogen-bond acceptors (Lipinski definition) is 11. The molecule has 0 amide bonds. The number of ether oxygens (including phenoxy) is 2. The van der Waals surface area contributed by atoms with Crippen LogP contribution in [0, 0.1) is 11.8 Å². The number of halogens is 1. The van der Waals surface area contributed by atoms with E-state index in [1.54, 1.807) is 52.9 Å². The molecule has 0 aliphatic carbocycles. The third kappa shape index (κ3) is 7.32. The van der Waals surface area contributed by atoms with Crippen molar-refractivity contribution in [1.29, 1.82) is 0 Å². The van der Waals surface area contributed by atoms with Crippen molar-refractivity contribution >= 4 is 62.6 Å². The number of aliphatic hydroxyl groups is 1. The molecule has 11 nitrogen and oxygen atoms in total. The summed E-state index contributed by atoms with van der Waals surface area (Å²) in [5.41, 5.74) is 2.77. The van der Waals surface area contributed by atoms with E-state index in [0.717, 1.165) is 12.1 Å². The van der Waals surface area contributed by atoms with Crippen molar-refractivity contribution in [3.8, 4) is 17.6 Å². The first-order valence-corrected chi connectivity index (χ1v) is 17.0. The van der Waals surface area contributed by atoms with E-state index in [4.69, 9.17) is 14.5 Å². The highest BCUT2D eigenvalue weighted by molar-refractivity contribution is 9.10. The third-order valence-electron chi connectivity index (χ3n) is 6.55. The second-order valence-corrected chi connectivity index (χ2v) is 14.9. The number of morpholine rings is 1. The first-order chi connectivity index (χ1) is 20.4. The summed E-state index contributed by atoms with van der Waals surface area (Å²) in [6, 6.07) is 7.38. The van der Waals surface area contributed by atoms with E-state index in [1.807, 2.05) is 24.3 Å². The number of hydrogen-bond donors (Lipinski definition) is 4. The lowest BCUT2D eigenvalue weighted by Gasteiger charge is -2.26. The maximum Gasteiger partial charge on any atom is 0.229 e. The molecule has 4 N–H and O–H groups in total. The number of anilines is 4. The highest BCUT2D eigenvalue weighted by Gasteiger charge is 2.24. The molecule has 0 radical (unpaired) electrons. The molecule has 3 heterocycles. The van der Waals surface area contributed by atoms with Gasteiger partial charge in [-0.1, -0.05) is 11.8 Å². The van der Waals surface area contributed by atoms with Crippen LogP contribution in [0.5, 0.6) is 5.75 Å². The van der Waals surface area contributed by atoms with E-state index in [2.05, 4.69) is 58.7 Å². The molecule has 2 aromatic heterocycles. The lowest BCUT2D eigenvalue weighted by atomic mass is 9.99. The fourth-order valence-corrected chi connectivity index (χ4v) is 6.34. The number of nitrogens with one attached hydrogen (secondary N) is 3. The summed E-state index contributed by atoms with van der Waals surface area (Å²) in [5.74, 6) is 7.30. The summed E-state index contributed by atoms with van der Waals surface area (Å²) in [4.78, 5) is 18.0. The molecule has 1 aliphatic heterocycles. The van der Waals surface area contributed by atoms with Gasteiger partial charge in [-0.3, -0.25) is 9.97 Å². The highest BCUT2D eigenvalue weighted by Crippen LogP contribution is 2.41. The fourth-order valence-electron chi connectivity index (χ4n) is 4.65. The molecule has 5 rings (SSSR count). The molecule has 0 saturated carbocycles. The van der Waals surface area contributed by atoms with Crippen LogP contribution in [0.2, 0.25) is 0 Å². The number of nitrogens with zero attached hydrogens (tertiary/aromatic N) is 4. The summed E-state index contributed by atoms with van der Waals surface area (Å²) in [7, 11) is -1.19. The minimum Gasteiger partial charge on any atom is -0.495 e. The van der Waals surface area contributed by atoms with Crippen LogP contribution in [0.4, 0.5) is 23.1 Å². The number of benzene rings is 2. The van der Waals surface area contributed by atoms with E-state index < -0.39 is 12.7 Å². The van der Waals surface area contributed by atoms with E-state index in [1.165, 1.54) is 0 Å². The maximum atomic E-state index is 13.4. The minimum atomic E-state index is -2.77. The second kappa shape index (κ2) is 12.6. The normalized spacial score (nSPS) is 15.5. The zero-order valence-corrected chi connectivity index (χ0v) is 27.0. The number of aromatic nitrogens is 4. The lowest BCUT2D eigenvalue weighted by Crippen LogP contribution is -2.33. The SMILES string of the molecule is COc1cc(C2CNCCO2)c(C#CC(C)(C)O)cc1Nc1ncc(Br)c(Nc2ccc3nccnc3c2P(C)(C)=O)n1. The smallest absolute Gasteiger partial charge is 0.229 e. The van der Waals surface area contributed by atoms with Gasteiger partial charge in [0.1, 0.15) is 29.8 Å². The summed E-state index contributed by atoms with van der Waals surface area (Å²) in [5, 5.41) is 20.8. The first-order valence-electron chi connectivity index (χ1n) is 13.6. The Hall–Kier alpha value is -3.59. The fraction of sp³-hybridized carbons (Fsp3) is 0.333. The Morgan fingerprint density at radius 1 is 1.16 bits per heavy atom. The van der Waals surface area contributed by atoms with Gasteiger partial charge in [0.25, 0.3) is 0 Å². The van der Waals surface area contributed by atoms with Crippen LogP contribution in [-0.2, 0) is 9.30 Å². The molecule has 13 heteroatoms. The van der Waals surface area contributed by atoms with Gasteiger partial charge in [0.05, 0.1) is 46.5 Å².